The third-order valence-corrected chi connectivity index (χ3v) is 2.65. The number of carboxylic acids is 1. The summed E-state index contributed by atoms with van der Waals surface area (Å²) in [6.07, 6.45) is 2.17. The fourth-order valence-electron chi connectivity index (χ4n) is 1.59. The zero-order valence-corrected chi connectivity index (χ0v) is 7.90. The lowest BCUT2D eigenvalue weighted by Gasteiger charge is -2.24. The van der Waals surface area contributed by atoms with Crippen molar-refractivity contribution in [3.8, 4) is 0 Å². The summed E-state index contributed by atoms with van der Waals surface area (Å²) in [6, 6.07) is 0.311. The third-order valence-electron chi connectivity index (χ3n) is 2.65. The Hall–Kier alpha value is -1.10. The Labute approximate surface area is 82.1 Å². The van der Waals surface area contributed by atoms with Crippen LogP contribution in [0.3, 0.4) is 0 Å². The van der Waals surface area contributed by atoms with E-state index in [-0.39, 0.29) is 5.92 Å². The Kier molecular flexibility index (Phi) is 2.67. The van der Waals surface area contributed by atoms with E-state index in [4.69, 9.17) is 9.84 Å². The van der Waals surface area contributed by atoms with Crippen molar-refractivity contribution >= 4 is 11.7 Å². The molecule has 5 heteroatoms. The van der Waals surface area contributed by atoms with Crippen molar-refractivity contribution in [2.24, 2.45) is 11.0 Å². The molecule has 1 saturated carbocycles. The molecule has 0 spiro atoms. The molecule has 0 bridgehead atoms. The van der Waals surface area contributed by atoms with Crippen molar-refractivity contribution in [1.29, 1.82) is 0 Å². The summed E-state index contributed by atoms with van der Waals surface area (Å²) < 4.78 is 5.17. The SMILES string of the molecule is O=C(O)C1CC(=NNC2CCOC2)C1. The van der Waals surface area contributed by atoms with Gasteiger partial charge in [0.2, 0.25) is 0 Å². The van der Waals surface area contributed by atoms with Gasteiger partial charge in [-0.3, -0.25) is 4.79 Å². The predicted octanol–water partition coefficient (Wildman–Crippen LogP) is 0.216. The highest BCUT2D eigenvalue weighted by molar-refractivity contribution is 5.97. The number of hydrogen-bond donors (Lipinski definition) is 2. The first-order valence-corrected chi connectivity index (χ1v) is 4.87. The number of hydrazone groups is 1. The maximum atomic E-state index is 10.5. The average Bonchev–Trinajstić information content (AvgIpc) is 2.52. The zero-order valence-electron chi connectivity index (χ0n) is 7.90. The number of carbonyl (C=O) groups is 1. The molecule has 1 saturated heterocycles. The Bertz CT molecular complexity index is 251. The molecule has 2 N–H and O–H groups in total. The Morgan fingerprint density at radius 2 is 2.36 bits per heavy atom. The van der Waals surface area contributed by atoms with Crippen LogP contribution in [-0.4, -0.2) is 36.0 Å². The van der Waals surface area contributed by atoms with Gasteiger partial charge in [-0.2, -0.15) is 5.10 Å². The lowest BCUT2D eigenvalue weighted by Crippen LogP contribution is -2.34. The normalized spacial score (nSPS) is 31.0. The smallest absolute Gasteiger partial charge is 0.307 e. The van der Waals surface area contributed by atoms with Gasteiger partial charge < -0.3 is 15.3 Å². The Balaban J connectivity index is 1.70. The molecule has 1 unspecified atom stereocenters. The van der Waals surface area contributed by atoms with Crippen LogP contribution in [0.25, 0.3) is 0 Å². The number of carboxylic acid groups (broad SMARTS) is 1. The summed E-state index contributed by atoms with van der Waals surface area (Å²) in [5.74, 6) is -0.927. The van der Waals surface area contributed by atoms with Gasteiger partial charge in [0.05, 0.1) is 18.6 Å². The van der Waals surface area contributed by atoms with Gasteiger partial charge in [-0.05, 0) is 6.42 Å². The van der Waals surface area contributed by atoms with Crippen molar-refractivity contribution in [3.63, 3.8) is 0 Å². The van der Waals surface area contributed by atoms with Crippen LogP contribution in [0, 0.1) is 5.92 Å². The van der Waals surface area contributed by atoms with E-state index in [2.05, 4.69) is 10.5 Å². The molecule has 0 amide bonds. The number of hydrogen-bond acceptors (Lipinski definition) is 4. The van der Waals surface area contributed by atoms with Crippen LogP contribution in [0.2, 0.25) is 0 Å². The van der Waals surface area contributed by atoms with Crippen LogP contribution >= 0.6 is 0 Å². The molecule has 0 aromatic carbocycles. The molecule has 1 aliphatic heterocycles. The summed E-state index contributed by atoms with van der Waals surface area (Å²) in [7, 11) is 0. The van der Waals surface area contributed by atoms with Crippen LogP contribution in [0.4, 0.5) is 0 Å². The molecule has 0 radical (unpaired) electrons. The van der Waals surface area contributed by atoms with Crippen LogP contribution in [0.15, 0.2) is 5.10 Å². The van der Waals surface area contributed by atoms with Gasteiger partial charge >= 0.3 is 5.97 Å². The largest absolute Gasteiger partial charge is 0.481 e. The average molecular weight is 198 g/mol. The maximum Gasteiger partial charge on any atom is 0.307 e. The van der Waals surface area contributed by atoms with Crippen molar-refractivity contribution in [3.05, 3.63) is 0 Å². The second-order valence-corrected chi connectivity index (χ2v) is 3.81. The lowest BCUT2D eigenvalue weighted by atomic mass is 9.83. The molecule has 14 heavy (non-hydrogen) atoms. The van der Waals surface area contributed by atoms with Gasteiger partial charge in [0.25, 0.3) is 0 Å². The zero-order chi connectivity index (χ0) is 9.97. The van der Waals surface area contributed by atoms with Gasteiger partial charge in [-0.25, -0.2) is 0 Å². The van der Waals surface area contributed by atoms with Gasteiger partial charge in [-0.15, -0.1) is 0 Å². The van der Waals surface area contributed by atoms with Gasteiger partial charge in [-0.1, -0.05) is 0 Å². The highest BCUT2D eigenvalue weighted by Gasteiger charge is 2.31. The molecule has 2 rings (SSSR count). The first kappa shape index (κ1) is 9.45. The number of nitrogens with one attached hydrogen (secondary N) is 1. The second kappa shape index (κ2) is 3.96. The monoisotopic (exact) mass is 198 g/mol. The van der Waals surface area contributed by atoms with E-state index in [9.17, 15) is 4.79 Å². The molecule has 1 heterocycles. The van der Waals surface area contributed by atoms with Gasteiger partial charge in [0, 0.05) is 25.2 Å². The molecule has 1 atom stereocenters. The van der Waals surface area contributed by atoms with E-state index in [1.807, 2.05) is 0 Å². The highest BCUT2D eigenvalue weighted by Crippen LogP contribution is 2.24. The Morgan fingerprint density at radius 1 is 1.57 bits per heavy atom. The van der Waals surface area contributed by atoms with E-state index in [0.717, 1.165) is 18.7 Å². The molecule has 78 valence electrons. The summed E-state index contributed by atoms with van der Waals surface area (Å²) >= 11 is 0. The van der Waals surface area contributed by atoms with Crippen molar-refractivity contribution in [2.45, 2.75) is 25.3 Å². The summed E-state index contributed by atoms with van der Waals surface area (Å²) in [6.45, 7) is 1.50. The quantitative estimate of drug-likeness (QED) is 0.636. The molecule has 5 nitrogen and oxygen atoms in total. The minimum atomic E-state index is -0.715. The molecule has 0 aromatic heterocycles. The van der Waals surface area contributed by atoms with Gasteiger partial charge in [0.15, 0.2) is 0 Å². The van der Waals surface area contributed by atoms with Crippen LogP contribution in [0.1, 0.15) is 19.3 Å². The van der Waals surface area contributed by atoms with E-state index in [1.165, 1.54) is 0 Å². The van der Waals surface area contributed by atoms with Crippen LogP contribution < -0.4 is 5.43 Å². The second-order valence-electron chi connectivity index (χ2n) is 3.81. The third kappa shape index (κ3) is 2.04. The molecule has 0 aromatic rings. The van der Waals surface area contributed by atoms with E-state index < -0.39 is 5.97 Å². The van der Waals surface area contributed by atoms with Crippen molar-refractivity contribution < 1.29 is 14.6 Å². The minimum Gasteiger partial charge on any atom is -0.481 e. The van der Waals surface area contributed by atoms with E-state index in [0.29, 0.717) is 25.5 Å². The molecular formula is C9H14N2O3. The van der Waals surface area contributed by atoms with Gasteiger partial charge in [0.1, 0.15) is 0 Å². The maximum absolute atomic E-state index is 10.5. The number of rotatable bonds is 3. The summed E-state index contributed by atoms with van der Waals surface area (Å²) in [5, 5.41) is 12.8. The Morgan fingerprint density at radius 3 is 2.93 bits per heavy atom. The number of aliphatic carboxylic acids is 1. The standard InChI is InChI=1S/C9H14N2O3/c12-9(13)6-3-8(4-6)11-10-7-1-2-14-5-7/h6-7,10H,1-5H2,(H,12,13). The minimum absolute atomic E-state index is 0.213. The fourth-order valence-corrected chi connectivity index (χ4v) is 1.59. The molecule has 1 aliphatic carbocycles. The van der Waals surface area contributed by atoms with Crippen molar-refractivity contribution in [1.82, 2.24) is 5.43 Å². The highest BCUT2D eigenvalue weighted by atomic mass is 16.5. The number of ether oxygens (including phenoxy) is 1. The van der Waals surface area contributed by atoms with E-state index in [1.54, 1.807) is 0 Å². The van der Waals surface area contributed by atoms with E-state index >= 15 is 0 Å². The first-order chi connectivity index (χ1) is 6.75. The molecule has 2 fully saturated rings. The number of nitrogens with zero attached hydrogens (tertiary/aromatic N) is 1. The molecule has 2 aliphatic rings. The topological polar surface area (TPSA) is 70.9 Å². The lowest BCUT2D eigenvalue weighted by molar-refractivity contribution is -0.142. The van der Waals surface area contributed by atoms with Crippen LogP contribution in [0.5, 0.6) is 0 Å². The first-order valence-electron chi connectivity index (χ1n) is 4.87. The summed E-state index contributed by atoms with van der Waals surface area (Å²) in [5.41, 5.74) is 3.98. The van der Waals surface area contributed by atoms with Crippen LogP contribution in [-0.2, 0) is 9.53 Å². The molecular weight excluding hydrogens is 184 g/mol. The van der Waals surface area contributed by atoms with Crippen molar-refractivity contribution in [2.75, 3.05) is 13.2 Å². The summed E-state index contributed by atoms with van der Waals surface area (Å²) in [4.78, 5) is 10.5. The predicted molar refractivity (Wildman–Crippen MR) is 50.2 cm³/mol. The fraction of sp³-hybridized carbons (Fsp3) is 0.778.